The van der Waals surface area contributed by atoms with E-state index in [0.29, 0.717) is 15.6 Å². The van der Waals surface area contributed by atoms with Crippen molar-refractivity contribution >= 4 is 53.0 Å². The lowest BCUT2D eigenvalue weighted by Gasteiger charge is -2.19. The number of rotatable bonds is 10. The molecule has 12 nitrogen and oxygen atoms in total. The number of carbonyl (C=O) groups is 2. The van der Waals surface area contributed by atoms with Crippen LogP contribution in [-0.4, -0.2) is 59.2 Å². The van der Waals surface area contributed by atoms with E-state index in [1.807, 2.05) is 0 Å². The first-order valence-electron chi connectivity index (χ1n) is 10.9. The number of carbonyl (C=O) groups excluding carboxylic acids is 2. The van der Waals surface area contributed by atoms with Gasteiger partial charge in [-0.15, -0.1) is 11.3 Å². The summed E-state index contributed by atoms with van der Waals surface area (Å²) in [5.41, 5.74) is 1.36. The lowest BCUT2D eigenvalue weighted by Crippen LogP contribution is -2.46. The molecule has 3 N–H and O–H groups in total. The van der Waals surface area contributed by atoms with Crippen molar-refractivity contribution in [3.8, 4) is 0 Å². The number of nitrogens with one attached hydrogen (secondary N) is 2. The van der Waals surface area contributed by atoms with Crippen LogP contribution in [0.2, 0.25) is 0 Å². The molecule has 1 atom stereocenters. The number of hydroxylamine groups is 1. The molecule has 4 rings (SSSR count). The molecule has 0 unspecified atom stereocenters. The zero-order valence-corrected chi connectivity index (χ0v) is 22.6. The van der Waals surface area contributed by atoms with E-state index in [4.69, 9.17) is 5.21 Å². The van der Waals surface area contributed by atoms with Crippen LogP contribution in [0.5, 0.6) is 0 Å². The number of thiophene rings is 1. The number of hydrogen-bond acceptors (Lipinski definition) is 10. The summed E-state index contributed by atoms with van der Waals surface area (Å²) in [6.07, 6.45) is -0.417. The number of amides is 2. The number of fused-ring (bicyclic) bond motifs is 1. The highest BCUT2D eigenvalue weighted by Crippen LogP contribution is 2.31. The minimum atomic E-state index is -4.43. The third-order valence-electron chi connectivity index (χ3n) is 5.67. The molecule has 3 aromatic rings. The van der Waals surface area contributed by atoms with Gasteiger partial charge in [0, 0.05) is 11.9 Å². The van der Waals surface area contributed by atoms with Gasteiger partial charge in [0.25, 0.3) is 31.9 Å². The Morgan fingerprint density at radius 1 is 1.00 bits per heavy atom. The van der Waals surface area contributed by atoms with Gasteiger partial charge in [-0.05, 0) is 43.2 Å². The van der Waals surface area contributed by atoms with E-state index < -0.39 is 51.9 Å². The molecule has 1 aliphatic heterocycles. The highest BCUT2D eigenvalue weighted by atomic mass is 32.2. The minimum absolute atomic E-state index is 0.0109. The van der Waals surface area contributed by atoms with Gasteiger partial charge in [0.15, 0.2) is 0 Å². The van der Waals surface area contributed by atoms with Gasteiger partial charge in [-0.25, -0.2) is 35.0 Å². The molecule has 1 aromatic heterocycles. The summed E-state index contributed by atoms with van der Waals surface area (Å²) in [5, 5.41) is 10.2. The molecule has 2 aromatic carbocycles. The molecule has 1 aliphatic rings. The topological polar surface area (TPSA) is 184 Å². The smallest absolute Gasteiger partial charge is 0.269 e. The second kappa shape index (κ2) is 10.5. The predicted octanol–water partition coefficient (Wildman–Crippen LogP) is 1.36. The number of sulfonamides is 2. The Hall–Kier alpha value is -3.15. The number of nitrogens with zero attached hydrogens (tertiary/aromatic N) is 1. The summed E-state index contributed by atoms with van der Waals surface area (Å²) in [7, 11) is -12.5. The van der Waals surface area contributed by atoms with E-state index in [0.717, 1.165) is 11.4 Å². The Balaban J connectivity index is 1.48. The molecule has 0 aliphatic carbocycles. The van der Waals surface area contributed by atoms with Crippen molar-refractivity contribution in [2.75, 3.05) is 6.54 Å². The van der Waals surface area contributed by atoms with E-state index >= 15 is 0 Å². The van der Waals surface area contributed by atoms with Crippen molar-refractivity contribution in [1.82, 2.24) is 14.5 Å². The molecule has 202 valence electrons. The molecule has 0 bridgehead atoms. The largest absolute Gasteiger partial charge is 0.289 e. The highest BCUT2D eigenvalue weighted by Gasteiger charge is 2.40. The van der Waals surface area contributed by atoms with Crippen molar-refractivity contribution in [3.63, 3.8) is 0 Å². The fourth-order valence-corrected chi connectivity index (χ4v) is 9.53. The maximum atomic E-state index is 12.9. The van der Waals surface area contributed by atoms with Crippen molar-refractivity contribution < 1.29 is 40.0 Å². The van der Waals surface area contributed by atoms with Crippen molar-refractivity contribution in [3.05, 3.63) is 71.6 Å². The summed E-state index contributed by atoms with van der Waals surface area (Å²) in [4.78, 5) is 24.3. The van der Waals surface area contributed by atoms with Crippen molar-refractivity contribution in [1.29, 1.82) is 0 Å². The normalized spacial score (nSPS) is 15.7. The zero-order chi connectivity index (χ0) is 27.7. The van der Waals surface area contributed by atoms with E-state index in [9.17, 15) is 34.8 Å². The van der Waals surface area contributed by atoms with Gasteiger partial charge in [0.2, 0.25) is 9.84 Å². The summed E-state index contributed by atoms with van der Waals surface area (Å²) in [5.74, 6) is -1.86. The van der Waals surface area contributed by atoms with Crippen LogP contribution in [0, 0.1) is 0 Å². The molecule has 2 amide bonds. The Labute approximate surface area is 222 Å². The summed E-state index contributed by atoms with van der Waals surface area (Å²) in [6.45, 7) is -0.342. The van der Waals surface area contributed by atoms with Crippen LogP contribution in [0.15, 0.2) is 84.9 Å². The van der Waals surface area contributed by atoms with E-state index in [2.05, 4.69) is 4.72 Å². The zero-order valence-electron chi connectivity index (χ0n) is 19.3. The second-order valence-corrected chi connectivity index (χ2v) is 14.7. The van der Waals surface area contributed by atoms with Crippen LogP contribution in [-0.2, 0) is 34.7 Å². The molecule has 0 saturated heterocycles. The lowest BCUT2D eigenvalue weighted by atomic mass is 10.1. The van der Waals surface area contributed by atoms with Crippen molar-refractivity contribution in [2.24, 2.45) is 0 Å². The quantitative estimate of drug-likeness (QED) is 0.229. The SMILES string of the molecule is O=C(NO)[C@@H](CCCN1C(=O)c2ccccc2S1(=O)=O)NS(=O)(=O)c1cc(S(=O)(=O)c2ccccc2)cs1. The van der Waals surface area contributed by atoms with Gasteiger partial charge < -0.3 is 0 Å². The van der Waals surface area contributed by atoms with Crippen LogP contribution >= 0.6 is 11.3 Å². The predicted molar refractivity (Wildman–Crippen MR) is 134 cm³/mol. The first-order chi connectivity index (χ1) is 17.9. The van der Waals surface area contributed by atoms with Crippen LogP contribution in [0.3, 0.4) is 0 Å². The van der Waals surface area contributed by atoms with Gasteiger partial charge in [-0.2, -0.15) is 4.72 Å². The fourth-order valence-electron chi connectivity index (χ4n) is 3.78. The summed E-state index contributed by atoms with van der Waals surface area (Å²) >= 11 is 0.621. The Bertz CT molecular complexity index is 1700. The fraction of sp³-hybridized carbons (Fsp3) is 0.182. The first kappa shape index (κ1) is 27.9. The number of benzene rings is 2. The third-order valence-corrected chi connectivity index (χ3v) is 12.3. The summed E-state index contributed by atoms with van der Waals surface area (Å²) < 4.78 is 79.2. The molecule has 0 saturated carbocycles. The van der Waals surface area contributed by atoms with Crippen LogP contribution < -0.4 is 10.2 Å². The number of sulfone groups is 1. The monoisotopic (exact) mass is 599 g/mol. The van der Waals surface area contributed by atoms with Gasteiger partial charge in [-0.3, -0.25) is 14.8 Å². The first-order valence-corrected chi connectivity index (χ1v) is 16.2. The molecule has 2 heterocycles. The van der Waals surface area contributed by atoms with Gasteiger partial charge in [-0.1, -0.05) is 30.3 Å². The molecule has 16 heteroatoms. The molecular weight excluding hydrogens is 579 g/mol. The Morgan fingerprint density at radius 3 is 2.32 bits per heavy atom. The van der Waals surface area contributed by atoms with Crippen LogP contribution in [0.1, 0.15) is 23.2 Å². The standard InChI is InChI=1S/C22H21N3O9S4/c26-21(23-28)18(10-6-12-25-22(27)17-9-4-5-11-19(17)38(25,33)34)24-37(31,32)20-13-16(14-35-20)36(29,30)15-7-2-1-3-8-15/h1-5,7-9,11,13-14,18,24,28H,6,10,12H2,(H,23,26)/t18-/m1/s1. The highest BCUT2D eigenvalue weighted by molar-refractivity contribution is 7.93. The lowest BCUT2D eigenvalue weighted by molar-refractivity contribution is -0.131. The molecular formula is C22H21N3O9S4. The Morgan fingerprint density at radius 2 is 1.66 bits per heavy atom. The third kappa shape index (κ3) is 5.23. The molecule has 0 fully saturated rings. The minimum Gasteiger partial charge on any atom is -0.289 e. The average molecular weight is 600 g/mol. The summed E-state index contributed by atoms with van der Waals surface area (Å²) in [6, 6.07) is 12.5. The molecule has 0 radical (unpaired) electrons. The second-order valence-electron chi connectivity index (χ2n) is 8.09. The van der Waals surface area contributed by atoms with Crippen LogP contribution in [0.4, 0.5) is 0 Å². The van der Waals surface area contributed by atoms with Crippen molar-refractivity contribution in [2.45, 2.75) is 37.8 Å². The molecule has 38 heavy (non-hydrogen) atoms. The maximum Gasteiger partial charge on any atom is 0.269 e. The van der Waals surface area contributed by atoms with Gasteiger partial charge in [0.1, 0.15) is 15.1 Å². The van der Waals surface area contributed by atoms with Gasteiger partial charge >= 0.3 is 0 Å². The number of hydrogen-bond donors (Lipinski definition) is 3. The van der Waals surface area contributed by atoms with Gasteiger partial charge in [0.05, 0.1) is 15.4 Å². The Kier molecular flexibility index (Phi) is 7.74. The maximum absolute atomic E-state index is 12.9. The average Bonchev–Trinajstić information content (AvgIpc) is 3.48. The van der Waals surface area contributed by atoms with E-state index in [-0.39, 0.29) is 39.6 Å². The van der Waals surface area contributed by atoms with E-state index in [1.165, 1.54) is 54.0 Å². The molecule has 0 spiro atoms. The van der Waals surface area contributed by atoms with E-state index in [1.54, 1.807) is 6.07 Å². The van der Waals surface area contributed by atoms with Crippen LogP contribution in [0.25, 0.3) is 0 Å².